The predicted molar refractivity (Wildman–Crippen MR) is 154 cm³/mol. The zero-order valence-corrected chi connectivity index (χ0v) is 22.8. The van der Waals surface area contributed by atoms with Crippen LogP contribution in [0.5, 0.6) is 0 Å². The van der Waals surface area contributed by atoms with Crippen molar-refractivity contribution < 1.29 is 14.3 Å². The summed E-state index contributed by atoms with van der Waals surface area (Å²) in [6.07, 6.45) is 6.11. The Kier molecular flexibility index (Phi) is 8.31. The van der Waals surface area contributed by atoms with E-state index in [1.54, 1.807) is 0 Å². The summed E-state index contributed by atoms with van der Waals surface area (Å²) >= 11 is 0. The monoisotopic (exact) mass is 512 g/mol. The van der Waals surface area contributed by atoms with E-state index in [0.29, 0.717) is 44.5 Å². The fraction of sp³-hybridized carbons (Fsp3) is 0.455. The van der Waals surface area contributed by atoms with Crippen LogP contribution in [-0.4, -0.2) is 49.1 Å². The maximum atomic E-state index is 13.1. The van der Waals surface area contributed by atoms with Gasteiger partial charge in [-0.15, -0.1) is 0 Å². The number of fused-ring (bicyclic) bond motifs is 1. The normalized spacial score (nSPS) is 20.3. The summed E-state index contributed by atoms with van der Waals surface area (Å²) in [7, 11) is 0. The molecule has 0 N–H and O–H groups in total. The van der Waals surface area contributed by atoms with Crippen molar-refractivity contribution in [2.45, 2.75) is 64.3 Å². The number of amides is 1. The van der Waals surface area contributed by atoms with Crippen LogP contribution in [0, 0.1) is 5.92 Å². The molecule has 1 amide bonds. The molecule has 1 saturated heterocycles. The van der Waals surface area contributed by atoms with E-state index in [1.165, 1.54) is 41.3 Å². The van der Waals surface area contributed by atoms with Crippen molar-refractivity contribution in [1.82, 2.24) is 4.90 Å². The average Bonchev–Trinajstić information content (AvgIpc) is 2.98. The number of carbonyl (C=O) groups excluding carboxylic acids is 2. The first kappa shape index (κ1) is 26.3. The molecule has 1 saturated carbocycles. The van der Waals surface area contributed by atoms with Gasteiger partial charge in [-0.1, -0.05) is 55.0 Å². The zero-order valence-electron chi connectivity index (χ0n) is 22.8. The molecule has 5 heteroatoms. The number of ether oxygens (including phenoxy) is 1. The second-order valence-electron chi connectivity index (χ2n) is 10.7. The first-order chi connectivity index (χ1) is 18.6. The van der Waals surface area contributed by atoms with Crippen molar-refractivity contribution in [3.63, 3.8) is 0 Å². The van der Waals surface area contributed by atoms with E-state index in [4.69, 9.17) is 4.74 Å². The van der Waals surface area contributed by atoms with E-state index >= 15 is 0 Å². The molecule has 0 radical (unpaired) electrons. The molecule has 1 heterocycles. The summed E-state index contributed by atoms with van der Waals surface area (Å²) in [5, 5.41) is 2.62. The third-order valence-electron chi connectivity index (χ3n) is 8.54. The van der Waals surface area contributed by atoms with Crippen molar-refractivity contribution in [3.05, 3.63) is 77.9 Å². The molecule has 2 atom stereocenters. The summed E-state index contributed by atoms with van der Waals surface area (Å²) < 4.78 is 5.16. The Morgan fingerprint density at radius 3 is 2.37 bits per heavy atom. The highest BCUT2D eigenvalue weighted by Gasteiger charge is 2.30. The maximum Gasteiger partial charge on any atom is 0.309 e. The molecule has 3 aromatic rings. The van der Waals surface area contributed by atoms with E-state index < -0.39 is 0 Å². The van der Waals surface area contributed by atoms with Crippen molar-refractivity contribution in [2.24, 2.45) is 5.92 Å². The van der Waals surface area contributed by atoms with Crippen LogP contribution in [0.4, 0.5) is 5.69 Å². The van der Waals surface area contributed by atoms with Crippen molar-refractivity contribution >= 4 is 28.3 Å². The van der Waals surface area contributed by atoms with Gasteiger partial charge < -0.3 is 14.5 Å². The van der Waals surface area contributed by atoms with Gasteiger partial charge in [0.1, 0.15) is 0 Å². The standard InChI is InChI=1S/C33H40N2O3/c1-3-35(31-14-8-10-25-9-5-6-13-30(25)31)29-12-7-11-28(23-29)24-15-17-26(18-16-24)32(36)34-21-19-27(20-22-34)33(37)38-4-2/h5-6,8-10,13-18,27-29H,3-4,7,11-12,19-23H2,1-2H3. The van der Waals surface area contributed by atoms with Crippen LogP contribution in [0.25, 0.3) is 10.8 Å². The Hall–Kier alpha value is -3.34. The molecule has 0 spiro atoms. The Labute approximate surface area is 226 Å². The number of esters is 1. The van der Waals surface area contributed by atoms with Crippen LogP contribution in [0.2, 0.25) is 0 Å². The van der Waals surface area contributed by atoms with Gasteiger partial charge >= 0.3 is 5.97 Å². The Bertz CT molecular complexity index is 1240. The average molecular weight is 513 g/mol. The molecule has 38 heavy (non-hydrogen) atoms. The van der Waals surface area contributed by atoms with Crippen molar-refractivity contribution in [2.75, 3.05) is 31.1 Å². The summed E-state index contributed by atoms with van der Waals surface area (Å²) in [6, 6.07) is 24.2. The van der Waals surface area contributed by atoms with Gasteiger partial charge in [-0.05, 0) is 81.0 Å². The molecule has 0 bridgehead atoms. The topological polar surface area (TPSA) is 49.9 Å². The quantitative estimate of drug-likeness (QED) is 0.326. The van der Waals surface area contributed by atoms with Crippen LogP contribution in [0.15, 0.2) is 66.7 Å². The first-order valence-corrected chi connectivity index (χ1v) is 14.4. The number of nitrogens with zero attached hydrogens (tertiary/aromatic N) is 2. The van der Waals surface area contributed by atoms with E-state index in [0.717, 1.165) is 18.5 Å². The fourth-order valence-electron chi connectivity index (χ4n) is 6.49. The molecular formula is C33H40N2O3. The molecule has 3 aromatic carbocycles. The fourth-order valence-corrected chi connectivity index (χ4v) is 6.49. The van der Waals surface area contributed by atoms with E-state index in [2.05, 4.69) is 66.4 Å². The first-order valence-electron chi connectivity index (χ1n) is 14.4. The SMILES string of the molecule is CCOC(=O)C1CCN(C(=O)c2ccc(C3CCCC(N(CC)c4cccc5ccccc45)C3)cc2)CC1. The second kappa shape index (κ2) is 12.0. The lowest BCUT2D eigenvalue weighted by atomic mass is 9.80. The summed E-state index contributed by atoms with van der Waals surface area (Å²) in [4.78, 5) is 29.6. The summed E-state index contributed by atoms with van der Waals surface area (Å²) in [5.41, 5.74) is 3.41. The van der Waals surface area contributed by atoms with Crippen molar-refractivity contribution in [3.8, 4) is 0 Å². The lowest BCUT2D eigenvalue weighted by Gasteiger charge is -2.39. The Morgan fingerprint density at radius 1 is 0.895 bits per heavy atom. The van der Waals surface area contributed by atoms with E-state index in [-0.39, 0.29) is 17.8 Å². The van der Waals surface area contributed by atoms with Crippen LogP contribution < -0.4 is 4.90 Å². The number of carbonyl (C=O) groups is 2. The number of rotatable bonds is 7. The third kappa shape index (κ3) is 5.57. The van der Waals surface area contributed by atoms with E-state index in [1.807, 2.05) is 24.0 Å². The van der Waals surface area contributed by atoms with Gasteiger partial charge in [0.05, 0.1) is 12.5 Å². The molecule has 200 valence electrons. The number of hydrogen-bond acceptors (Lipinski definition) is 4. The van der Waals surface area contributed by atoms with Crippen LogP contribution in [-0.2, 0) is 9.53 Å². The molecule has 1 aliphatic heterocycles. The molecule has 2 fully saturated rings. The van der Waals surface area contributed by atoms with Gasteiger partial charge in [0, 0.05) is 42.3 Å². The number of anilines is 1. The molecule has 5 nitrogen and oxygen atoms in total. The number of likely N-dealkylation sites (tertiary alicyclic amines) is 1. The third-order valence-corrected chi connectivity index (χ3v) is 8.54. The molecule has 0 aromatic heterocycles. The van der Waals surface area contributed by atoms with Gasteiger partial charge in [0.25, 0.3) is 5.91 Å². The summed E-state index contributed by atoms with van der Waals surface area (Å²) in [6.45, 7) is 6.71. The van der Waals surface area contributed by atoms with Crippen molar-refractivity contribution in [1.29, 1.82) is 0 Å². The second-order valence-corrected chi connectivity index (χ2v) is 10.7. The Morgan fingerprint density at radius 2 is 1.63 bits per heavy atom. The highest BCUT2D eigenvalue weighted by Crippen LogP contribution is 2.38. The van der Waals surface area contributed by atoms with Gasteiger partial charge in [-0.25, -0.2) is 0 Å². The highest BCUT2D eigenvalue weighted by molar-refractivity contribution is 5.95. The molecule has 1 aliphatic carbocycles. The van der Waals surface area contributed by atoms with E-state index in [9.17, 15) is 9.59 Å². The lowest BCUT2D eigenvalue weighted by molar-refractivity contribution is -0.149. The number of hydrogen-bond donors (Lipinski definition) is 0. The van der Waals surface area contributed by atoms with Gasteiger partial charge in [-0.3, -0.25) is 9.59 Å². The minimum Gasteiger partial charge on any atom is -0.466 e. The minimum absolute atomic E-state index is 0.0634. The number of piperidine rings is 1. The van der Waals surface area contributed by atoms with Crippen LogP contribution in [0.3, 0.4) is 0 Å². The van der Waals surface area contributed by atoms with Gasteiger partial charge in [0.15, 0.2) is 0 Å². The molecular weight excluding hydrogens is 472 g/mol. The van der Waals surface area contributed by atoms with Crippen LogP contribution >= 0.6 is 0 Å². The minimum atomic E-state index is -0.128. The largest absolute Gasteiger partial charge is 0.466 e. The number of benzene rings is 3. The highest BCUT2D eigenvalue weighted by atomic mass is 16.5. The van der Waals surface area contributed by atoms with Gasteiger partial charge in [-0.2, -0.15) is 0 Å². The maximum absolute atomic E-state index is 13.1. The molecule has 5 rings (SSSR count). The zero-order chi connectivity index (χ0) is 26.5. The lowest BCUT2D eigenvalue weighted by Crippen LogP contribution is -2.40. The smallest absolute Gasteiger partial charge is 0.309 e. The summed E-state index contributed by atoms with van der Waals surface area (Å²) in [5.74, 6) is 0.352. The Balaban J connectivity index is 1.24. The molecule has 2 aliphatic rings. The van der Waals surface area contributed by atoms with Crippen LogP contribution in [0.1, 0.15) is 74.2 Å². The molecule has 2 unspecified atom stereocenters. The predicted octanol–water partition coefficient (Wildman–Crippen LogP) is 6.81. The van der Waals surface area contributed by atoms with Gasteiger partial charge in [0.2, 0.25) is 0 Å².